The van der Waals surface area contributed by atoms with E-state index in [1.807, 2.05) is 22.7 Å². The molecule has 0 saturated heterocycles. The third kappa shape index (κ3) is 4.53. The Balaban J connectivity index is 1.13. The molecule has 2 heterocycles. The lowest BCUT2D eigenvalue weighted by Crippen LogP contribution is -2.16. The van der Waals surface area contributed by atoms with Crippen LogP contribution in [0.25, 0.3) is 84.1 Å². The normalized spacial score (nSPS) is 13.3. The summed E-state index contributed by atoms with van der Waals surface area (Å²) in [5.74, 6) is 0. The number of fused-ring (bicyclic) bond motifs is 13. The Hall–Kier alpha value is -6.26. The summed E-state index contributed by atoms with van der Waals surface area (Å²) in [5.41, 5.74) is 11.3. The average molecular weight is 750 g/mol. The molecule has 56 heavy (non-hydrogen) atoms. The van der Waals surface area contributed by atoms with Gasteiger partial charge in [-0.25, -0.2) is 0 Å². The maximum Gasteiger partial charge on any atom is 0.0555 e. The molecule has 3 heteroatoms. The molecular formula is C53H35NS2. The van der Waals surface area contributed by atoms with Crippen LogP contribution in [-0.4, -0.2) is 0 Å². The summed E-state index contributed by atoms with van der Waals surface area (Å²) < 4.78 is 5.33. The smallest absolute Gasteiger partial charge is 0.0555 e. The van der Waals surface area contributed by atoms with Gasteiger partial charge < -0.3 is 4.90 Å². The summed E-state index contributed by atoms with van der Waals surface area (Å²) in [6.45, 7) is 4.75. The van der Waals surface area contributed by atoms with Crippen LogP contribution >= 0.6 is 22.7 Å². The molecule has 0 unspecified atom stereocenters. The van der Waals surface area contributed by atoms with Gasteiger partial charge >= 0.3 is 0 Å². The number of thiophene rings is 2. The highest BCUT2D eigenvalue weighted by Gasteiger charge is 2.36. The van der Waals surface area contributed by atoms with Gasteiger partial charge in [-0.2, -0.15) is 0 Å². The van der Waals surface area contributed by atoms with E-state index in [0.717, 1.165) is 5.69 Å². The molecule has 2 aromatic heterocycles. The minimum absolute atomic E-state index is 0.114. The van der Waals surface area contributed by atoms with E-state index in [9.17, 15) is 0 Å². The maximum absolute atomic E-state index is 2.52. The number of benzene rings is 9. The number of nitrogens with zero attached hydrogens (tertiary/aromatic N) is 1. The van der Waals surface area contributed by atoms with Crippen molar-refractivity contribution >= 4 is 102 Å². The van der Waals surface area contributed by atoms with Gasteiger partial charge in [0, 0.05) is 57.1 Å². The van der Waals surface area contributed by atoms with Crippen LogP contribution in [0, 0.1) is 0 Å². The van der Waals surface area contributed by atoms with Crippen molar-refractivity contribution in [1.29, 1.82) is 0 Å². The minimum atomic E-state index is -0.114. The molecule has 1 nitrogen and oxygen atoms in total. The van der Waals surface area contributed by atoms with Crippen LogP contribution in [0.3, 0.4) is 0 Å². The quantitative estimate of drug-likeness (QED) is 0.173. The van der Waals surface area contributed by atoms with Gasteiger partial charge in [-0.05, 0) is 103 Å². The van der Waals surface area contributed by atoms with Gasteiger partial charge in [0.25, 0.3) is 0 Å². The van der Waals surface area contributed by atoms with Crippen LogP contribution in [-0.2, 0) is 5.41 Å². The zero-order valence-corrected chi connectivity index (χ0v) is 32.6. The molecule has 0 aliphatic heterocycles. The number of rotatable bonds is 4. The summed E-state index contributed by atoms with van der Waals surface area (Å²) >= 11 is 3.83. The molecular weight excluding hydrogens is 715 g/mol. The maximum atomic E-state index is 2.52. The lowest BCUT2D eigenvalue weighted by Gasteiger charge is -2.29. The average Bonchev–Trinajstić information content (AvgIpc) is 3.89. The van der Waals surface area contributed by atoms with Gasteiger partial charge in [0.1, 0.15) is 0 Å². The van der Waals surface area contributed by atoms with Crippen LogP contribution < -0.4 is 4.90 Å². The van der Waals surface area contributed by atoms with Crippen molar-refractivity contribution < 1.29 is 0 Å². The molecule has 11 aromatic rings. The molecule has 0 bridgehead atoms. The van der Waals surface area contributed by atoms with Crippen LogP contribution in [0.4, 0.5) is 17.1 Å². The summed E-state index contributed by atoms with van der Waals surface area (Å²) in [4.78, 5) is 2.52. The van der Waals surface area contributed by atoms with Gasteiger partial charge in [-0.15, -0.1) is 22.7 Å². The first-order chi connectivity index (χ1) is 27.5. The van der Waals surface area contributed by atoms with Crippen molar-refractivity contribution in [2.75, 3.05) is 4.90 Å². The molecule has 1 aliphatic rings. The second kappa shape index (κ2) is 11.9. The Morgan fingerprint density at radius 3 is 1.91 bits per heavy atom. The first kappa shape index (κ1) is 32.0. The van der Waals surface area contributed by atoms with Crippen molar-refractivity contribution in [3.8, 4) is 22.3 Å². The van der Waals surface area contributed by atoms with E-state index in [0.29, 0.717) is 0 Å². The van der Waals surface area contributed by atoms with Crippen LogP contribution in [0.15, 0.2) is 176 Å². The first-order valence-electron chi connectivity index (χ1n) is 19.3. The lowest BCUT2D eigenvalue weighted by atomic mass is 9.82. The molecule has 264 valence electrons. The predicted molar refractivity (Wildman–Crippen MR) is 245 cm³/mol. The fourth-order valence-corrected chi connectivity index (χ4v) is 12.0. The van der Waals surface area contributed by atoms with Crippen molar-refractivity contribution in [2.45, 2.75) is 19.3 Å². The Morgan fingerprint density at radius 1 is 0.411 bits per heavy atom. The highest BCUT2D eigenvalue weighted by atomic mass is 32.1. The van der Waals surface area contributed by atoms with E-state index in [2.05, 4.69) is 195 Å². The molecule has 0 fully saturated rings. The Bertz CT molecular complexity index is 3390. The first-order valence-corrected chi connectivity index (χ1v) is 21.0. The van der Waals surface area contributed by atoms with E-state index in [-0.39, 0.29) is 5.41 Å². The van der Waals surface area contributed by atoms with Gasteiger partial charge in [0.2, 0.25) is 0 Å². The predicted octanol–water partition coefficient (Wildman–Crippen LogP) is 16.2. The SMILES string of the molecule is CC1(C)c2ccccc2-c2ccc(N(c3ccc(-c4cccc5ccccc45)cc3)c3cccc4sc5ccc6sc7c8ccccc8ccc7c6c5c34)cc21. The monoisotopic (exact) mass is 749 g/mol. The van der Waals surface area contributed by atoms with Crippen LogP contribution in [0.2, 0.25) is 0 Å². The van der Waals surface area contributed by atoms with E-state index in [4.69, 9.17) is 0 Å². The highest BCUT2D eigenvalue weighted by molar-refractivity contribution is 7.28. The number of anilines is 3. The zero-order valence-electron chi connectivity index (χ0n) is 31.0. The molecule has 0 N–H and O–H groups in total. The van der Waals surface area contributed by atoms with E-state index < -0.39 is 0 Å². The standard InChI is InChI=1S/C53H35NS2/c1-53(2)43-18-8-7-16-40(43)41-28-26-36(31-44(41)53)54(35-24-21-34(22-25-35)38-17-9-13-32-11-3-5-14-37(32)38)45-19-10-20-46-50(45)51-48(55-46)30-29-47-49(51)42-27-23-33-12-4-6-15-39(33)52(42)56-47/h3-31H,1-2H3. The molecule has 0 atom stereocenters. The Kier molecular flexibility index (Phi) is 6.79. The number of hydrogen-bond donors (Lipinski definition) is 0. The zero-order chi connectivity index (χ0) is 37.1. The van der Waals surface area contributed by atoms with Gasteiger partial charge in [0.05, 0.1) is 5.69 Å². The Labute approximate surface area is 333 Å². The fraction of sp³-hybridized carbons (Fsp3) is 0.0566. The van der Waals surface area contributed by atoms with Crippen molar-refractivity contribution in [3.63, 3.8) is 0 Å². The van der Waals surface area contributed by atoms with E-state index in [1.165, 1.54) is 107 Å². The molecule has 0 saturated carbocycles. The second-order valence-electron chi connectivity index (χ2n) is 15.6. The molecule has 12 rings (SSSR count). The third-order valence-electron chi connectivity index (χ3n) is 12.3. The molecule has 0 spiro atoms. The van der Waals surface area contributed by atoms with Crippen LogP contribution in [0.5, 0.6) is 0 Å². The summed E-state index contributed by atoms with van der Waals surface area (Å²) in [7, 11) is 0. The topological polar surface area (TPSA) is 3.24 Å². The van der Waals surface area contributed by atoms with Crippen LogP contribution in [0.1, 0.15) is 25.0 Å². The summed E-state index contributed by atoms with van der Waals surface area (Å²) in [6.07, 6.45) is 0. The largest absolute Gasteiger partial charge is 0.310 e. The Morgan fingerprint density at radius 2 is 1.05 bits per heavy atom. The summed E-state index contributed by atoms with van der Waals surface area (Å²) in [6, 6.07) is 65.7. The fourth-order valence-electron chi connectivity index (χ4n) is 9.60. The van der Waals surface area contributed by atoms with Crippen molar-refractivity contribution in [2.24, 2.45) is 0 Å². The molecule has 1 aliphatic carbocycles. The summed E-state index contributed by atoms with van der Waals surface area (Å²) in [5, 5.41) is 10.5. The van der Waals surface area contributed by atoms with Gasteiger partial charge in [0.15, 0.2) is 0 Å². The van der Waals surface area contributed by atoms with Crippen molar-refractivity contribution in [1.82, 2.24) is 0 Å². The highest BCUT2D eigenvalue weighted by Crippen LogP contribution is 2.53. The second-order valence-corrected chi connectivity index (χ2v) is 17.8. The molecule has 0 radical (unpaired) electrons. The van der Waals surface area contributed by atoms with E-state index >= 15 is 0 Å². The molecule has 0 amide bonds. The van der Waals surface area contributed by atoms with Gasteiger partial charge in [-0.3, -0.25) is 0 Å². The number of hydrogen-bond acceptors (Lipinski definition) is 3. The van der Waals surface area contributed by atoms with E-state index in [1.54, 1.807) is 0 Å². The third-order valence-corrected chi connectivity index (χ3v) is 14.6. The molecule has 9 aromatic carbocycles. The van der Waals surface area contributed by atoms with Gasteiger partial charge in [-0.1, -0.05) is 141 Å². The minimum Gasteiger partial charge on any atom is -0.310 e. The van der Waals surface area contributed by atoms with Crippen molar-refractivity contribution in [3.05, 3.63) is 187 Å². The lowest BCUT2D eigenvalue weighted by molar-refractivity contribution is 0.660.